The molecular formula is C20H22N4O4. The van der Waals surface area contributed by atoms with Crippen LogP contribution in [0.25, 0.3) is 11.3 Å². The summed E-state index contributed by atoms with van der Waals surface area (Å²) in [7, 11) is 0. The number of oxazole rings is 1. The molecule has 4 heterocycles. The smallest absolute Gasteiger partial charge is 0.287 e. The van der Waals surface area contributed by atoms with E-state index in [1.807, 2.05) is 17.8 Å². The van der Waals surface area contributed by atoms with Gasteiger partial charge in [-0.15, -0.1) is 0 Å². The van der Waals surface area contributed by atoms with Gasteiger partial charge in [-0.25, -0.2) is 4.98 Å². The van der Waals surface area contributed by atoms with E-state index in [2.05, 4.69) is 10.3 Å². The van der Waals surface area contributed by atoms with Gasteiger partial charge in [0, 0.05) is 36.9 Å². The van der Waals surface area contributed by atoms with Gasteiger partial charge in [0.15, 0.2) is 5.76 Å². The molecule has 28 heavy (non-hydrogen) atoms. The summed E-state index contributed by atoms with van der Waals surface area (Å²) >= 11 is 0. The van der Waals surface area contributed by atoms with Crippen molar-refractivity contribution >= 4 is 5.91 Å². The van der Waals surface area contributed by atoms with E-state index in [1.54, 1.807) is 12.5 Å². The summed E-state index contributed by atoms with van der Waals surface area (Å²) in [6.07, 6.45) is 8.92. The molecular weight excluding hydrogens is 360 g/mol. The molecule has 8 heteroatoms. The number of hydrogen-bond acceptors (Lipinski definition) is 6. The maximum absolute atomic E-state index is 12.7. The molecule has 0 saturated carbocycles. The number of carbonyl (C=O) groups excluding carboxylic acids is 1. The van der Waals surface area contributed by atoms with E-state index in [9.17, 15) is 4.79 Å². The molecule has 1 saturated heterocycles. The van der Waals surface area contributed by atoms with E-state index in [0.717, 1.165) is 60.4 Å². The van der Waals surface area contributed by atoms with E-state index in [1.165, 1.54) is 0 Å². The predicted octanol–water partition coefficient (Wildman–Crippen LogP) is 2.50. The van der Waals surface area contributed by atoms with Crippen molar-refractivity contribution in [2.45, 2.75) is 45.3 Å². The van der Waals surface area contributed by atoms with Crippen LogP contribution in [-0.2, 0) is 24.1 Å². The van der Waals surface area contributed by atoms with Crippen molar-refractivity contribution in [1.29, 1.82) is 0 Å². The van der Waals surface area contributed by atoms with Gasteiger partial charge < -0.3 is 18.9 Å². The number of furan rings is 1. The minimum absolute atomic E-state index is 0.103. The Morgan fingerprint density at radius 3 is 3.11 bits per heavy atom. The van der Waals surface area contributed by atoms with Crippen LogP contribution in [0.1, 0.15) is 46.2 Å². The molecule has 0 radical (unpaired) electrons. The number of aryl methyl sites for hydroxylation is 2. The summed E-state index contributed by atoms with van der Waals surface area (Å²) in [5.74, 6) is 1.62. The Labute approximate surface area is 161 Å². The van der Waals surface area contributed by atoms with Gasteiger partial charge >= 0.3 is 0 Å². The second kappa shape index (κ2) is 6.94. The first-order chi connectivity index (χ1) is 13.7. The molecule has 1 aliphatic heterocycles. The van der Waals surface area contributed by atoms with E-state index >= 15 is 0 Å². The van der Waals surface area contributed by atoms with Gasteiger partial charge in [0.05, 0.1) is 18.0 Å². The largest absolute Gasteiger partial charge is 0.455 e. The van der Waals surface area contributed by atoms with Crippen molar-refractivity contribution in [1.82, 2.24) is 20.1 Å². The zero-order valence-corrected chi connectivity index (χ0v) is 15.7. The highest BCUT2D eigenvalue weighted by Gasteiger charge is 2.30. The second-order valence-corrected chi connectivity index (χ2v) is 7.33. The Morgan fingerprint density at radius 1 is 1.39 bits per heavy atom. The lowest BCUT2D eigenvalue weighted by Crippen LogP contribution is -2.31. The van der Waals surface area contributed by atoms with Crippen molar-refractivity contribution in [2.75, 3.05) is 13.2 Å². The van der Waals surface area contributed by atoms with E-state index in [4.69, 9.17) is 18.7 Å². The molecule has 3 aromatic rings. The highest BCUT2D eigenvalue weighted by atomic mass is 16.5. The van der Waals surface area contributed by atoms with Gasteiger partial charge in [0.25, 0.3) is 5.91 Å². The van der Waals surface area contributed by atoms with Crippen LogP contribution in [0.5, 0.6) is 0 Å². The number of carbonyl (C=O) groups is 1. The molecule has 1 aliphatic carbocycles. The second-order valence-electron chi connectivity index (χ2n) is 7.33. The Balaban J connectivity index is 1.39. The number of hydrogen-bond donors (Lipinski definition) is 1. The summed E-state index contributed by atoms with van der Waals surface area (Å²) in [5, 5.41) is 7.66. The van der Waals surface area contributed by atoms with Crippen LogP contribution < -0.4 is 5.32 Å². The molecule has 1 amide bonds. The van der Waals surface area contributed by atoms with Crippen molar-refractivity contribution in [3.05, 3.63) is 47.2 Å². The Hall–Kier alpha value is -2.87. The van der Waals surface area contributed by atoms with Crippen LogP contribution in [0, 0.1) is 6.92 Å². The normalized spacial score (nSPS) is 18.1. The van der Waals surface area contributed by atoms with Gasteiger partial charge in [-0.3, -0.25) is 9.48 Å². The SMILES string of the molecule is Cc1c(C(=O)NC[C@@H]2CCCO2)oc2c1-c1nn(Cc3ncco3)cc1CC2. The number of nitrogens with zero attached hydrogens (tertiary/aromatic N) is 3. The molecule has 5 rings (SSSR count). The number of nitrogens with one attached hydrogen (secondary N) is 1. The average molecular weight is 382 g/mol. The molecule has 1 atom stereocenters. The lowest BCUT2D eigenvalue weighted by molar-refractivity contribution is 0.0833. The van der Waals surface area contributed by atoms with Gasteiger partial charge in [-0.1, -0.05) is 0 Å². The molecule has 0 unspecified atom stereocenters. The quantitative estimate of drug-likeness (QED) is 0.728. The molecule has 2 aliphatic rings. The topological polar surface area (TPSA) is 95.3 Å². The minimum atomic E-state index is -0.192. The fraction of sp³-hybridized carbons (Fsp3) is 0.450. The average Bonchev–Trinajstić information content (AvgIpc) is 3.47. The van der Waals surface area contributed by atoms with Crippen LogP contribution in [-0.4, -0.2) is 39.9 Å². The lowest BCUT2D eigenvalue weighted by atomic mass is 9.93. The lowest BCUT2D eigenvalue weighted by Gasteiger charge is -2.10. The third-order valence-electron chi connectivity index (χ3n) is 5.42. The van der Waals surface area contributed by atoms with Crippen molar-refractivity contribution in [3.63, 3.8) is 0 Å². The first kappa shape index (κ1) is 17.2. The van der Waals surface area contributed by atoms with Crippen LogP contribution in [0.3, 0.4) is 0 Å². The molecule has 3 aromatic heterocycles. The zero-order valence-electron chi connectivity index (χ0n) is 15.7. The molecule has 146 valence electrons. The fourth-order valence-corrected chi connectivity index (χ4v) is 4.02. The van der Waals surface area contributed by atoms with Crippen LogP contribution in [0.4, 0.5) is 0 Å². The Morgan fingerprint density at radius 2 is 2.32 bits per heavy atom. The van der Waals surface area contributed by atoms with Gasteiger partial charge in [0.1, 0.15) is 18.6 Å². The van der Waals surface area contributed by atoms with E-state index in [0.29, 0.717) is 24.7 Å². The van der Waals surface area contributed by atoms with Crippen LogP contribution >= 0.6 is 0 Å². The number of ether oxygens (including phenoxy) is 1. The maximum Gasteiger partial charge on any atom is 0.287 e. The predicted molar refractivity (Wildman–Crippen MR) is 99.0 cm³/mol. The number of rotatable bonds is 5. The number of aromatic nitrogens is 3. The summed E-state index contributed by atoms with van der Waals surface area (Å²) in [4.78, 5) is 16.8. The first-order valence-electron chi connectivity index (χ1n) is 9.66. The molecule has 1 fully saturated rings. The van der Waals surface area contributed by atoms with Gasteiger partial charge in [0.2, 0.25) is 5.89 Å². The molecule has 0 aromatic carbocycles. The van der Waals surface area contributed by atoms with Gasteiger partial charge in [-0.05, 0) is 31.7 Å². The number of amides is 1. The van der Waals surface area contributed by atoms with Crippen molar-refractivity contribution < 1.29 is 18.4 Å². The third kappa shape index (κ3) is 3.03. The fourth-order valence-electron chi connectivity index (χ4n) is 4.02. The summed E-state index contributed by atoms with van der Waals surface area (Å²) in [6.45, 7) is 3.68. The first-order valence-corrected chi connectivity index (χ1v) is 9.66. The number of fused-ring (bicyclic) bond motifs is 3. The zero-order chi connectivity index (χ0) is 19.1. The van der Waals surface area contributed by atoms with Crippen molar-refractivity contribution in [2.24, 2.45) is 0 Å². The van der Waals surface area contributed by atoms with Crippen LogP contribution in [0.15, 0.2) is 27.5 Å². The third-order valence-corrected chi connectivity index (χ3v) is 5.42. The Bertz CT molecular complexity index is 996. The van der Waals surface area contributed by atoms with E-state index < -0.39 is 0 Å². The van der Waals surface area contributed by atoms with Gasteiger partial charge in [-0.2, -0.15) is 5.10 Å². The minimum Gasteiger partial charge on any atom is -0.455 e. The highest BCUT2D eigenvalue weighted by molar-refractivity contribution is 5.95. The highest BCUT2D eigenvalue weighted by Crippen LogP contribution is 2.38. The van der Waals surface area contributed by atoms with E-state index in [-0.39, 0.29) is 12.0 Å². The Kier molecular flexibility index (Phi) is 4.27. The maximum atomic E-state index is 12.7. The molecule has 0 bridgehead atoms. The molecule has 1 N–H and O–H groups in total. The summed E-state index contributed by atoms with van der Waals surface area (Å²) < 4.78 is 18.7. The molecule has 0 spiro atoms. The standard InChI is InChI=1S/C20H22N4O4/c1-12-17-15(28-19(12)20(25)22-9-14-3-2-7-26-14)5-4-13-10-24(23-18(13)17)11-16-21-6-8-27-16/h6,8,10,14H,2-5,7,9,11H2,1H3,(H,22,25)/t14-/m0/s1. The van der Waals surface area contributed by atoms with Crippen LogP contribution in [0.2, 0.25) is 0 Å². The molecule has 8 nitrogen and oxygen atoms in total. The van der Waals surface area contributed by atoms with Crippen molar-refractivity contribution in [3.8, 4) is 11.3 Å². The summed E-state index contributed by atoms with van der Waals surface area (Å²) in [5.41, 5.74) is 3.80. The monoisotopic (exact) mass is 382 g/mol. The summed E-state index contributed by atoms with van der Waals surface area (Å²) in [6, 6.07) is 0.